The molecule has 1 aliphatic carbocycles. The minimum atomic E-state index is -0.0604. The molecule has 0 heterocycles. The molecule has 0 radical (unpaired) electrons. The largest absolute Gasteiger partial charge is 0.484 e. The molecule has 0 spiro atoms. The van der Waals surface area contributed by atoms with E-state index in [2.05, 4.69) is 47.7 Å². The van der Waals surface area contributed by atoms with Crippen LogP contribution in [0.5, 0.6) is 5.75 Å². The quantitative estimate of drug-likeness (QED) is 0.415. The molecule has 4 N–H and O–H groups in total. The smallest absolute Gasteiger partial charge is 0.258 e. The summed E-state index contributed by atoms with van der Waals surface area (Å²) >= 11 is 0. The van der Waals surface area contributed by atoms with Crippen LogP contribution < -0.4 is 21.1 Å². The van der Waals surface area contributed by atoms with Crippen molar-refractivity contribution in [3.05, 3.63) is 59.2 Å². The number of para-hydroxylation sites is 1. The first-order chi connectivity index (χ1) is 14.6. The van der Waals surface area contributed by atoms with Gasteiger partial charge in [-0.15, -0.1) is 0 Å². The van der Waals surface area contributed by atoms with Crippen molar-refractivity contribution in [1.82, 2.24) is 5.32 Å². The number of aryl methyl sites for hydroxylation is 2. The van der Waals surface area contributed by atoms with E-state index < -0.39 is 0 Å². The molecular weight excluding hydrogens is 376 g/mol. The van der Waals surface area contributed by atoms with Crippen LogP contribution in [-0.2, 0) is 24.1 Å². The molecule has 1 saturated carbocycles. The second-order valence-corrected chi connectivity index (χ2v) is 7.57. The number of carbonyl (C=O) groups excluding carboxylic acids is 1. The lowest BCUT2D eigenvalue weighted by Crippen LogP contribution is -2.30. The summed E-state index contributed by atoms with van der Waals surface area (Å²) in [6, 6.07) is 14.4. The monoisotopic (exact) mass is 408 g/mol. The number of benzene rings is 2. The predicted molar refractivity (Wildman–Crippen MR) is 122 cm³/mol. The van der Waals surface area contributed by atoms with Crippen LogP contribution in [0.2, 0.25) is 0 Å². The Morgan fingerprint density at radius 3 is 2.37 bits per heavy atom. The Hall–Kier alpha value is -3.02. The number of guanidine groups is 1. The van der Waals surface area contributed by atoms with Crippen LogP contribution in [0.1, 0.15) is 43.4 Å². The van der Waals surface area contributed by atoms with Crippen molar-refractivity contribution in [2.75, 3.05) is 18.5 Å². The van der Waals surface area contributed by atoms with E-state index in [1.165, 1.54) is 11.1 Å². The number of nitrogens with zero attached hydrogens (tertiary/aromatic N) is 1. The van der Waals surface area contributed by atoms with Crippen molar-refractivity contribution in [2.45, 2.75) is 52.0 Å². The van der Waals surface area contributed by atoms with Gasteiger partial charge in [0.2, 0.25) is 0 Å². The molecule has 0 bridgehead atoms. The van der Waals surface area contributed by atoms with Gasteiger partial charge in [0.1, 0.15) is 5.75 Å². The molecular formula is C24H32N4O2. The molecule has 0 atom stereocenters. The molecule has 0 saturated heterocycles. The molecule has 1 amide bonds. The summed E-state index contributed by atoms with van der Waals surface area (Å²) in [5.74, 6) is 1.07. The summed E-state index contributed by atoms with van der Waals surface area (Å²) in [5.41, 5.74) is 10.8. The van der Waals surface area contributed by atoms with Gasteiger partial charge < -0.3 is 21.1 Å². The highest BCUT2D eigenvalue weighted by atomic mass is 16.5. The minimum absolute atomic E-state index is 0.0569. The van der Waals surface area contributed by atoms with E-state index in [0.29, 0.717) is 24.3 Å². The van der Waals surface area contributed by atoms with Gasteiger partial charge in [0.15, 0.2) is 12.6 Å². The Kier molecular flexibility index (Phi) is 7.71. The number of nitrogens with two attached hydrogens (primary N) is 1. The van der Waals surface area contributed by atoms with E-state index in [0.717, 1.165) is 43.4 Å². The lowest BCUT2D eigenvalue weighted by molar-refractivity contribution is -0.123. The number of amides is 1. The van der Waals surface area contributed by atoms with Crippen molar-refractivity contribution >= 4 is 17.6 Å². The van der Waals surface area contributed by atoms with Crippen LogP contribution in [-0.4, -0.2) is 31.1 Å². The number of nitrogens with one attached hydrogen (secondary N) is 2. The van der Waals surface area contributed by atoms with Crippen molar-refractivity contribution in [2.24, 2.45) is 10.7 Å². The van der Waals surface area contributed by atoms with Gasteiger partial charge in [-0.2, -0.15) is 0 Å². The highest BCUT2D eigenvalue weighted by Gasteiger charge is 2.23. The maximum atomic E-state index is 11.7. The molecule has 6 heteroatoms. The highest BCUT2D eigenvalue weighted by Crippen LogP contribution is 2.22. The SMILES string of the molecule is CCc1cccc(CC)c1NC(N)=NCCc1ccc(OCC(=O)NC2CC2)cc1. The van der Waals surface area contributed by atoms with Crippen LogP contribution in [0.4, 0.5) is 5.69 Å². The van der Waals surface area contributed by atoms with Crippen LogP contribution >= 0.6 is 0 Å². The van der Waals surface area contributed by atoms with Gasteiger partial charge in [-0.25, -0.2) is 0 Å². The number of hydrogen-bond donors (Lipinski definition) is 3. The molecule has 6 nitrogen and oxygen atoms in total. The van der Waals surface area contributed by atoms with E-state index in [9.17, 15) is 4.79 Å². The number of hydrogen-bond acceptors (Lipinski definition) is 3. The normalized spacial score (nSPS) is 13.7. The van der Waals surface area contributed by atoms with Crippen molar-refractivity contribution < 1.29 is 9.53 Å². The third-order valence-corrected chi connectivity index (χ3v) is 5.17. The predicted octanol–water partition coefficient (Wildman–Crippen LogP) is 3.44. The van der Waals surface area contributed by atoms with Gasteiger partial charge in [-0.1, -0.05) is 44.2 Å². The second-order valence-electron chi connectivity index (χ2n) is 7.57. The van der Waals surface area contributed by atoms with Gasteiger partial charge in [0.25, 0.3) is 5.91 Å². The van der Waals surface area contributed by atoms with Crippen LogP contribution in [0.3, 0.4) is 0 Å². The molecule has 0 aliphatic heterocycles. The molecule has 30 heavy (non-hydrogen) atoms. The van der Waals surface area contributed by atoms with Gasteiger partial charge >= 0.3 is 0 Å². The Morgan fingerprint density at radius 2 is 1.77 bits per heavy atom. The van der Waals surface area contributed by atoms with Gasteiger partial charge in [-0.3, -0.25) is 9.79 Å². The summed E-state index contributed by atoms with van der Waals surface area (Å²) < 4.78 is 5.53. The molecule has 2 aromatic carbocycles. The molecule has 0 aromatic heterocycles. The summed E-state index contributed by atoms with van der Waals surface area (Å²) in [4.78, 5) is 16.2. The van der Waals surface area contributed by atoms with Crippen molar-refractivity contribution in [1.29, 1.82) is 0 Å². The van der Waals surface area contributed by atoms with Gasteiger partial charge in [-0.05, 0) is 60.9 Å². The molecule has 2 aromatic rings. The minimum Gasteiger partial charge on any atom is -0.484 e. The fraction of sp³-hybridized carbons (Fsp3) is 0.417. The van der Waals surface area contributed by atoms with Gasteiger partial charge in [0, 0.05) is 18.3 Å². The third kappa shape index (κ3) is 6.51. The van der Waals surface area contributed by atoms with Crippen molar-refractivity contribution in [3.8, 4) is 5.75 Å². The summed E-state index contributed by atoms with van der Waals surface area (Å²) in [6.45, 7) is 4.93. The molecule has 1 fully saturated rings. The third-order valence-electron chi connectivity index (χ3n) is 5.17. The number of anilines is 1. The average molecular weight is 409 g/mol. The first-order valence-corrected chi connectivity index (χ1v) is 10.8. The zero-order valence-corrected chi connectivity index (χ0v) is 17.9. The van der Waals surface area contributed by atoms with Gasteiger partial charge in [0.05, 0.1) is 0 Å². The van der Waals surface area contributed by atoms with E-state index in [4.69, 9.17) is 10.5 Å². The molecule has 160 valence electrons. The first-order valence-electron chi connectivity index (χ1n) is 10.8. The zero-order valence-electron chi connectivity index (χ0n) is 17.9. The first kappa shape index (κ1) is 21.7. The standard InChI is InChI=1S/C24H32N4O2/c1-3-18-6-5-7-19(4-2)23(18)28-24(25)26-15-14-17-8-12-21(13-9-17)30-16-22(29)27-20-10-11-20/h5-9,12-13,20H,3-4,10-11,14-16H2,1-2H3,(H,27,29)(H3,25,26,28). The zero-order chi connectivity index (χ0) is 21.3. The Balaban J connectivity index is 1.47. The molecule has 0 unspecified atom stereocenters. The summed E-state index contributed by atoms with van der Waals surface area (Å²) in [5, 5.41) is 6.20. The van der Waals surface area contributed by atoms with Crippen molar-refractivity contribution in [3.63, 3.8) is 0 Å². The lowest BCUT2D eigenvalue weighted by Gasteiger charge is -2.14. The molecule has 3 rings (SSSR count). The number of aliphatic imine (C=N–C) groups is 1. The van der Waals surface area contributed by atoms with Crippen LogP contribution in [0, 0.1) is 0 Å². The van der Waals surface area contributed by atoms with E-state index in [1.807, 2.05) is 24.3 Å². The second kappa shape index (κ2) is 10.7. The Labute approximate surface area is 178 Å². The van der Waals surface area contributed by atoms with Crippen LogP contribution in [0.15, 0.2) is 47.5 Å². The topological polar surface area (TPSA) is 88.7 Å². The molecule has 1 aliphatic rings. The van der Waals surface area contributed by atoms with Crippen LogP contribution in [0.25, 0.3) is 0 Å². The maximum Gasteiger partial charge on any atom is 0.258 e. The summed E-state index contributed by atoms with van der Waals surface area (Å²) in [7, 11) is 0. The lowest BCUT2D eigenvalue weighted by atomic mass is 10.0. The number of ether oxygens (including phenoxy) is 1. The summed E-state index contributed by atoms with van der Waals surface area (Å²) in [6.07, 6.45) is 4.82. The number of rotatable bonds is 10. The Bertz CT molecular complexity index is 851. The highest BCUT2D eigenvalue weighted by molar-refractivity contribution is 5.93. The fourth-order valence-electron chi connectivity index (χ4n) is 3.27. The van der Waals surface area contributed by atoms with E-state index >= 15 is 0 Å². The van der Waals surface area contributed by atoms with E-state index in [-0.39, 0.29) is 12.5 Å². The Morgan fingerprint density at radius 1 is 1.10 bits per heavy atom. The maximum absolute atomic E-state index is 11.7. The van der Waals surface area contributed by atoms with E-state index in [1.54, 1.807) is 0 Å². The number of carbonyl (C=O) groups is 1. The fourth-order valence-corrected chi connectivity index (χ4v) is 3.27. The average Bonchev–Trinajstić information content (AvgIpc) is 3.57.